The Kier molecular flexibility index (Phi) is 3.64. The van der Waals surface area contributed by atoms with Crippen molar-refractivity contribution in [2.24, 2.45) is 5.41 Å². The van der Waals surface area contributed by atoms with Crippen molar-refractivity contribution in [3.63, 3.8) is 0 Å². The van der Waals surface area contributed by atoms with Crippen molar-refractivity contribution in [2.75, 3.05) is 18.5 Å². The smallest absolute Gasteiger partial charge is 0.336 e. The monoisotopic (exact) mass is 348 g/mol. The molecule has 0 amide bonds. The molecule has 1 unspecified atom stereocenters. The first-order valence-corrected chi connectivity index (χ1v) is 8.22. The molecule has 25 heavy (non-hydrogen) atoms. The summed E-state index contributed by atoms with van der Waals surface area (Å²) < 4.78 is 32.0. The van der Waals surface area contributed by atoms with Gasteiger partial charge in [0.2, 0.25) is 5.92 Å². The summed E-state index contributed by atoms with van der Waals surface area (Å²) in [5, 5.41) is 13.1. The third kappa shape index (κ3) is 2.93. The Morgan fingerprint density at radius 2 is 2.16 bits per heavy atom. The van der Waals surface area contributed by atoms with E-state index in [4.69, 9.17) is 4.74 Å². The van der Waals surface area contributed by atoms with Crippen molar-refractivity contribution < 1.29 is 23.4 Å². The first kappa shape index (κ1) is 16.2. The van der Waals surface area contributed by atoms with E-state index in [1.165, 1.54) is 6.07 Å². The number of alkyl halides is 2. The number of hydrogen-bond acceptors (Lipinski definition) is 4. The summed E-state index contributed by atoms with van der Waals surface area (Å²) in [6.45, 7) is 0.858. The van der Waals surface area contributed by atoms with Crippen molar-refractivity contribution in [3.8, 4) is 0 Å². The summed E-state index contributed by atoms with van der Waals surface area (Å²) in [5.41, 5.74) is 1.11. The Bertz CT molecular complexity index is 832. The average molecular weight is 348 g/mol. The molecule has 1 aliphatic heterocycles. The molecule has 1 aromatic carbocycles. The van der Waals surface area contributed by atoms with Gasteiger partial charge < -0.3 is 15.2 Å². The number of carboxylic acid groups (broad SMARTS) is 1. The number of rotatable bonds is 4. The number of anilines is 1. The molecule has 1 atom stereocenters. The number of nitrogens with one attached hydrogen (secondary N) is 1. The molecular formula is C18H18F2N2O3. The molecule has 2 N–H and O–H groups in total. The average Bonchev–Trinajstić information content (AvgIpc) is 2.94. The highest BCUT2D eigenvalue weighted by Gasteiger charge is 2.59. The maximum Gasteiger partial charge on any atom is 0.336 e. The van der Waals surface area contributed by atoms with Gasteiger partial charge in [-0.05, 0) is 24.6 Å². The lowest BCUT2D eigenvalue weighted by Crippen LogP contribution is -2.46. The van der Waals surface area contributed by atoms with Crippen molar-refractivity contribution in [1.82, 2.24) is 4.98 Å². The number of carboxylic acids is 1. The van der Waals surface area contributed by atoms with Crippen molar-refractivity contribution in [1.29, 1.82) is 0 Å². The summed E-state index contributed by atoms with van der Waals surface area (Å²) in [5.74, 6) is -3.55. The summed E-state index contributed by atoms with van der Waals surface area (Å²) in [6, 6.07) is 6.63. The molecule has 1 aliphatic carbocycles. The van der Waals surface area contributed by atoms with Gasteiger partial charge >= 0.3 is 5.97 Å². The SMILES string of the molecule is O=C(O)c1ccc(NCC2CC3(CO2)CC(F)(F)C3)c2ncccc12. The van der Waals surface area contributed by atoms with Gasteiger partial charge in [0.1, 0.15) is 0 Å². The molecule has 2 aliphatic rings. The summed E-state index contributed by atoms with van der Waals surface area (Å²) in [7, 11) is 0. The number of hydrogen-bond donors (Lipinski definition) is 2. The standard InChI is InChI=1S/C18H18F2N2O3/c19-18(20)8-17(9-18)6-11(25-10-17)7-22-14-4-3-13(16(23)24)12-2-1-5-21-15(12)14/h1-5,11,22H,6-10H2,(H,23,24). The van der Waals surface area contributed by atoms with Crippen LogP contribution in [0.15, 0.2) is 30.5 Å². The van der Waals surface area contributed by atoms with Gasteiger partial charge in [0.25, 0.3) is 0 Å². The number of benzene rings is 1. The quantitative estimate of drug-likeness (QED) is 0.884. The van der Waals surface area contributed by atoms with Crippen LogP contribution < -0.4 is 5.32 Å². The molecule has 1 aromatic heterocycles. The second-order valence-corrected chi connectivity index (χ2v) is 7.09. The zero-order valence-electron chi connectivity index (χ0n) is 13.5. The third-order valence-electron chi connectivity index (χ3n) is 5.07. The molecule has 4 rings (SSSR count). The fraction of sp³-hybridized carbons (Fsp3) is 0.444. The van der Waals surface area contributed by atoms with Gasteiger partial charge in [0.15, 0.2) is 0 Å². The van der Waals surface area contributed by atoms with E-state index in [-0.39, 0.29) is 29.9 Å². The molecule has 132 valence electrons. The van der Waals surface area contributed by atoms with Gasteiger partial charge in [0.05, 0.1) is 29.5 Å². The Balaban J connectivity index is 1.47. The van der Waals surface area contributed by atoms with Gasteiger partial charge in [-0.1, -0.05) is 6.07 Å². The van der Waals surface area contributed by atoms with Gasteiger partial charge in [-0.25, -0.2) is 13.6 Å². The lowest BCUT2D eigenvalue weighted by Gasteiger charge is -2.43. The number of pyridine rings is 1. The van der Waals surface area contributed by atoms with Crippen LogP contribution in [-0.4, -0.2) is 41.2 Å². The largest absolute Gasteiger partial charge is 0.478 e. The van der Waals surface area contributed by atoms with E-state index in [1.807, 2.05) is 0 Å². The minimum absolute atomic E-state index is 0.0890. The predicted molar refractivity (Wildman–Crippen MR) is 88.2 cm³/mol. The first-order valence-electron chi connectivity index (χ1n) is 8.22. The van der Waals surface area contributed by atoms with Crippen LogP contribution in [0.5, 0.6) is 0 Å². The van der Waals surface area contributed by atoms with Gasteiger partial charge in [-0.15, -0.1) is 0 Å². The normalized spacial score (nSPS) is 23.5. The Labute approximate surface area is 143 Å². The zero-order valence-corrected chi connectivity index (χ0v) is 13.5. The second kappa shape index (κ2) is 5.62. The minimum atomic E-state index is -2.54. The predicted octanol–water partition coefficient (Wildman–Crippen LogP) is 3.55. The van der Waals surface area contributed by atoms with Gasteiger partial charge in [-0.3, -0.25) is 4.98 Å². The molecule has 5 nitrogen and oxygen atoms in total. The van der Waals surface area contributed by atoms with Crippen molar-refractivity contribution in [2.45, 2.75) is 31.3 Å². The summed E-state index contributed by atoms with van der Waals surface area (Å²) >= 11 is 0. The van der Waals surface area contributed by atoms with Crippen molar-refractivity contribution >= 4 is 22.6 Å². The van der Waals surface area contributed by atoms with E-state index in [0.29, 0.717) is 36.2 Å². The molecule has 1 spiro atoms. The van der Waals surface area contributed by atoms with Crippen LogP contribution in [0.2, 0.25) is 0 Å². The number of nitrogens with zero attached hydrogens (tertiary/aromatic N) is 1. The van der Waals surface area contributed by atoms with E-state index in [1.54, 1.807) is 24.4 Å². The van der Waals surface area contributed by atoms with Crippen LogP contribution in [0.25, 0.3) is 10.9 Å². The molecule has 0 radical (unpaired) electrons. The van der Waals surface area contributed by atoms with Gasteiger partial charge in [-0.2, -0.15) is 0 Å². The fourth-order valence-corrected chi connectivity index (χ4v) is 4.04. The number of aromatic nitrogens is 1. The number of halogens is 2. The maximum absolute atomic E-state index is 13.2. The molecule has 2 aromatic rings. The van der Waals surface area contributed by atoms with Crippen LogP contribution >= 0.6 is 0 Å². The maximum atomic E-state index is 13.2. The molecule has 0 bridgehead atoms. The highest BCUT2D eigenvalue weighted by atomic mass is 19.3. The zero-order chi connectivity index (χ0) is 17.7. The van der Waals surface area contributed by atoms with Crippen LogP contribution in [0.1, 0.15) is 29.6 Å². The van der Waals surface area contributed by atoms with Crippen LogP contribution in [0.4, 0.5) is 14.5 Å². The Morgan fingerprint density at radius 3 is 2.88 bits per heavy atom. The number of aromatic carboxylic acids is 1. The molecule has 1 saturated carbocycles. The molecule has 1 saturated heterocycles. The lowest BCUT2D eigenvalue weighted by molar-refractivity contribution is -0.160. The topological polar surface area (TPSA) is 71.5 Å². The van der Waals surface area contributed by atoms with E-state index in [2.05, 4.69) is 10.3 Å². The number of carbonyl (C=O) groups is 1. The van der Waals surface area contributed by atoms with E-state index >= 15 is 0 Å². The van der Waals surface area contributed by atoms with Crippen LogP contribution in [0.3, 0.4) is 0 Å². The molecular weight excluding hydrogens is 330 g/mol. The highest BCUT2D eigenvalue weighted by Crippen LogP contribution is 2.57. The highest BCUT2D eigenvalue weighted by molar-refractivity contribution is 6.06. The first-order chi connectivity index (χ1) is 11.9. The van der Waals surface area contributed by atoms with Crippen LogP contribution in [0, 0.1) is 5.41 Å². The molecule has 2 fully saturated rings. The second-order valence-electron chi connectivity index (χ2n) is 7.09. The van der Waals surface area contributed by atoms with Crippen molar-refractivity contribution in [3.05, 3.63) is 36.0 Å². The Hall–Kier alpha value is -2.28. The van der Waals surface area contributed by atoms with E-state index in [9.17, 15) is 18.7 Å². The molecule has 2 heterocycles. The Morgan fingerprint density at radius 1 is 1.36 bits per heavy atom. The molecule has 7 heteroatoms. The summed E-state index contributed by atoms with van der Waals surface area (Å²) in [6.07, 6.45) is 1.92. The minimum Gasteiger partial charge on any atom is -0.478 e. The lowest BCUT2D eigenvalue weighted by atomic mass is 9.65. The van der Waals surface area contributed by atoms with E-state index < -0.39 is 11.9 Å². The third-order valence-corrected chi connectivity index (χ3v) is 5.07. The number of ether oxygens (including phenoxy) is 1. The summed E-state index contributed by atoms with van der Waals surface area (Å²) in [4.78, 5) is 15.6. The van der Waals surface area contributed by atoms with E-state index in [0.717, 1.165) is 0 Å². The fourth-order valence-electron chi connectivity index (χ4n) is 4.04. The number of fused-ring (bicyclic) bond motifs is 1. The van der Waals surface area contributed by atoms with Crippen LogP contribution in [-0.2, 0) is 4.74 Å². The van der Waals surface area contributed by atoms with Gasteiger partial charge in [0, 0.05) is 36.4 Å².